The fourth-order valence-electron chi connectivity index (χ4n) is 2.90. The largest absolute Gasteiger partial charge is 0.495 e. The number of methoxy groups -OCH3 is 1. The Labute approximate surface area is 162 Å². The van der Waals surface area contributed by atoms with Gasteiger partial charge in [0, 0.05) is 36.8 Å². The van der Waals surface area contributed by atoms with Gasteiger partial charge in [-0.05, 0) is 42.5 Å². The molecule has 1 saturated heterocycles. The summed E-state index contributed by atoms with van der Waals surface area (Å²) in [4.78, 5) is 14.0. The number of piperazine rings is 1. The summed E-state index contributed by atoms with van der Waals surface area (Å²) in [5.41, 5.74) is 0.365. The number of hydrogen-bond acceptors (Lipinski definition) is 4. The fourth-order valence-corrected chi connectivity index (χ4v) is 4.74. The number of amides is 1. The van der Waals surface area contributed by atoms with Crippen molar-refractivity contribution >= 4 is 27.5 Å². The average Bonchev–Trinajstić information content (AvgIpc) is 2.68. The molecule has 0 radical (unpaired) electrons. The molecule has 0 aliphatic carbocycles. The first-order chi connectivity index (χ1) is 12.8. The first-order valence-corrected chi connectivity index (χ1v) is 10.0. The number of rotatable bonds is 4. The minimum Gasteiger partial charge on any atom is -0.495 e. The first-order valence-electron chi connectivity index (χ1n) is 8.21. The minimum atomic E-state index is -3.81. The average molecular weight is 413 g/mol. The maximum atomic E-state index is 13.0. The maximum Gasteiger partial charge on any atom is 0.253 e. The minimum absolute atomic E-state index is 0.00388. The van der Waals surface area contributed by atoms with E-state index in [0.29, 0.717) is 10.6 Å². The van der Waals surface area contributed by atoms with E-state index in [1.165, 1.54) is 47.8 Å². The molecule has 0 spiro atoms. The summed E-state index contributed by atoms with van der Waals surface area (Å²) in [7, 11) is -2.42. The van der Waals surface area contributed by atoms with Crippen LogP contribution in [-0.4, -0.2) is 56.8 Å². The number of benzene rings is 2. The van der Waals surface area contributed by atoms with Crippen LogP contribution >= 0.6 is 11.6 Å². The highest BCUT2D eigenvalue weighted by molar-refractivity contribution is 7.89. The predicted molar refractivity (Wildman–Crippen MR) is 99.1 cm³/mol. The smallest absolute Gasteiger partial charge is 0.253 e. The van der Waals surface area contributed by atoms with Crippen LogP contribution in [0.1, 0.15) is 10.4 Å². The molecule has 0 saturated carbocycles. The van der Waals surface area contributed by atoms with Gasteiger partial charge in [0.05, 0.1) is 7.11 Å². The van der Waals surface area contributed by atoms with E-state index in [0.717, 1.165) is 0 Å². The van der Waals surface area contributed by atoms with Crippen LogP contribution in [0.4, 0.5) is 4.39 Å². The van der Waals surface area contributed by atoms with E-state index in [1.807, 2.05) is 0 Å². The number of hydrogen-bond donors (Lipinski definition) is 0. The zero-order valence-corrected chi connectivity index (χ0v) is 16.1. The van der Waals surface area contributed by atoms with Gasteiger partial charge in [-0.3, -0.25) is 4.79 Å². The summed E-state index contributed by atoms with van der Waals surface area (Å²) in [6.45, 7) is 0.756. The van der Waals surface area contributed by atoms with Gasteiger partial charge < -0.3 is 9.64 Å². The van der Waals surface area contributed by atoms with Crippen LogP contribution in [0.15, 0.2) is 47.4 Å². The molecular weight excluding hydrogens is 395 g/mol. The van der Waals surface area contributed by atoms with Crippen LogP contribution in [0.3, 0.4) is 0 Å². The summed E-state index contributed by atoms with van der Waals surface area (Å²) >= 11 is 5.94. The SMILES string of the molecule is COc1ccc(Cl)cc1S(=O)(=O)N1CCN(C(=O)c2ccc(F)cc2)CC1. The molecule has 9 heteroatoms. The zero-order chi connectivity index (χ0) is 19.6. The summed E-state index contributed by atoms with van der Waals surface area (Å²) < 4.78 is 45.3. The Morgan fingerprint density at radius 2 is 1.70 bits per heavy atom. The van der Waals surface area contributed by atoms with Gasteiger partial charge in [-0.25, -0.2) is 12.8 Å². The van der Waals surface area contributed by atoms with Crippen molar-refractivity contribution in [3.05, 3.63) is 58.9 Å². The van der Waals surface area contributed by atoms with Crippen molar-refractivity contribution in [3.8, 4) is 5.75 Å². The molecule has 6 nitrogen and oxygen atoms in total. The van der Waals surface area contributed by atoms with E-state index >= 15 is 0 Å². The van der Waals surface area contributed by atoms with Crippen LogP contribution in [-0.2, 0) is 10.0 Å². The number of nitrogens with zero attached hydrogens (tertiary/aromatic N) is 2. The highest BCUT2D eigenvalue weighted by Crippen LogP contribution is 2.30. The van der Waals surface area contributed by atoms with Gasteiger partial charge in [-0.2, -0.15) is 4.31 Å². The van der Waals surface area contributed by atoms with E-state index in [1.54, 1.807) is 11.0 Å². The molecule has 0 atom stereocenters. The monoisotopic (exact) mass is 412 g/mol. The van der Waals surface area contributed by atoms with Crippen LogP contribution in [0, 0.1) is 5.82 Å². The highest BCUT2D eigenvalue weighted by Gasteiger charge is 2.32. The van der Waals surface area contributed by atoms with Crippen molar-refractivity contribution in [2.24, 2.45) is 0 Å². The number of halogens is 2. The van der Waals surface area contributed by atoms with Gasteiger partial charge in [-0.1, -0.05) is 11.6 Å². The molecule has 0 unspecified atom stereocenters. The lowest BCUT2D eigenvalue weighted by atomic mass is 10.2. The number of carbonyl (C=O) groups excluding carboxylic acids is 1. The molecule has 144 valence electrons. The second kappa shape index (κ2) is 7.84. The second-order valence-electron chi connectivity index (χ2n) is 6.00. The third-order valence-corrected chi connectivity index (χ3v) is 6.52. The van der Waals surface area contributed by atoms with E-state index < -0.39 is 15.8 Å². The quantitative estimate of drug-likeness (QED) is 0.774. The molecule has 2 aromatic rings. The molecule has 2 aromatic carbocycles. The number of ether oxygens (including phenoxy) is 1. The van der Waals surface area contributed by atoms with Gasteiger partial charge >= 0.3 is 0 Å². The maximum absolute atomic E-state index is 13.0. The molecule has 3 rings (SSSR count). The summed E-state index contributed by atoms with van der Waals surface area (Å²) in [5, 5.41) is 0.291. The fraction of sp³-hybridized carbons (Fsp3) is 0.278. The van der Waals surface area contributed by atoms with Crippen LogP contribution < -0.4 is 4.74 Å². The van der Waals surface area contributed by atoms with Crippen molar-refractivity contribution in [2.75, 3.05) is 33.3 Å². The lowest BCUT2D eigenvalue weighted by Crippen LogP contribution is -2.50. The highest BCUT2D eigenvalue weighted by atomic mass is 35.5. The van der Waals surface area contributed by atoms with Crippen molar-refractivity contribution in [2.45, 2.75) is 4.90 Å². The van der Waals surface area contributed by atoms with Gasteiger partial charge in [0.2, 0.25) is 10.0 Å². The van der Waals surface area contributed by atoms with E-state index in [9.17, 15) is 17.6 Å². The lowest BCUT2D eigenvalue weighted by molar-refractivity contribution is 0.0697. The van der Waals surface area contributed by atoms with Gasteiger partial charge in [0.25, 0.3) is 5.91 Å². The molecule has 1 amide bonds. The Bertz CT molecular complexity index is 942. The first kappa shape index (κ1) is 19.6. The van der Waals surface area contributed by atoms with Gasteiger partial charge in [0.15, 0.2) is 0 Å². The van der Waals surface area contributed by atoms with Crippen molar-refractivity contribution < 1.29 is 22.3 Å². The van der Waals surface area contributed by atoms with Crippen molar-refractivity contribution in [3.63, 3.8) is 0 Å². The summed E-state index contributed by atoms with van der Waals surface area (Å²) in [5.74, 6) is -0.463. The van der Waals surface area contributed by atoms with E-state index in [2.05, 4.69) is 0 Å². The van der Waals surface area contributed by atoms with Gasteiger partial charge in [0.1, 0.15) is 16.5 Å². The van der Waals surface area contributed by atoms with Crippen LogP contribution in [0.2, 0.25) is 5.02 Å². The van der Waals surface area contributed by atoms with E-state index in [4.69, 9.17) is 16.3 Å². The number of carbonyl (C=O) groups is 1. The Hall–Kier alpha value is -2.16. The third kappa shape index (κ3) is 4.07. The Morgan fingerprint density at radius 3 is 2.30 bits per heavy atom. The molecule has 0 aromatic heterocycles. The molecule has 0 N–H and O–H groups in total. The number of sulfonamides is 1. The molecule has 27 heavy (non-hydrogen) atoms. The Kier molecular flexibility index (Phi) is 5.69. The van der Waals surface area contributed by atoms with Crippen LogP contribution in [0.5, 0.6) is 5.75 Å². The van der Waals surface area contributed by atoms with E-state index in [-0.39, 0.29) is 42.7 Å². The molecule has 0 bridgehead atoms. The summed E-state index contributed by atoms with van der Waals surface area (Å²) in [6, 6.07) is 9.68. The topological polar surface area (TPSA) is 66.9 Å². The standard InChI is InChI=1S/C18H18ClFN2O4S/c1-26-16-7-4-14(19)12-17(16)27(24,25)22-10-8-21(9-11-22)18(23)13-2-5-15(20)6-3-13/h2-7,12H,8-11H2,1H3. The van der Waals surface area contributed by atoms with Crippen molar-refractivity contribution in [1.82, 2.24) is 9.21 Å². The summed E-state index contributed by atoms with van der Waals surface area (Å²) in [6.07, 6.45) is 0. The Balaban J connectivity index is 1.74. The normalized spacial score (nSPS) is 15.6. The van der Waals surface area contributed by atoms with Gasteiger partial charge in [-0.15, -0.1) is 0 Å². The second-order valence-corrected chi connectivity index (χ2v) is 8.34. The molecular formula is C18H18ClFN2O4S. The molecule has 1 aliphatic heterocycles. The molecule has 1 aliphatic rings. The van der Waals surface area contributed by atoms with Crippen LogP contribution in [0.25, 0.3) is 0 Å². The zero-order valence-electron chi connectivity index (χ0n) is 14.6. The Morgan fingerprint density at radius 1 is 1.07 bits per heavy atom. The molecule has 1 fully saturated rings. The molecule has 1 heterocycles. The van der Waals surface area contributed by atoms with Crippen molar-refractivity contribution in [1.29, 1.82) is 0 Å². The third-order valence-electron chi connectivity index (χ3n) is 4.36. The predicted octanol–water partition coefficient (Wildman–Crippen LogP) is 2.63. The lowest BCUT2D eigenvalue weighted by Gasteiger charge is -2.34.